The van der Waals surface area contributed by atoms with E-state index < -0.39 is 5.97 Å². The molecular weight excluding hydrogens is 226 g/mol. The van der Waals surface area contributed by atoms with E-state index in [2.05, 4.69) is 37.8 Å². The summed E-state index contributed by atoms with van der Waals surface area (Å²) < 4.78 is 0. The highest BCUT2D eigenvalue weighted by molar-refractivity contribution is 5.70. The van der Waals surface area contributed by atoms with Gasteiger partial charge >= 0.3 is 5.97 Å². The highest BCUT2D eigenvalue weighted by Crippen LogP contribution is 2.30. The average Bonchev–Trinajstić information content (AvgIpc) is 2.28. The van der Waals surface area contributed by atoms with E-state index in [1.165, 1.54) is 22.4 Å². The fraction of sp³-hybridized carbons (Fsp3) is 0.533. The Balaban J connectivity index is 2.17. The molecule has 1 heterocycles. The molecule has 1 aliphatic rings. The van der Waals surface area contributed by atoms with Crippen LogP contribution in [0.3, 0.4) is 0 Å². The van der Waals surface area contributed by atoms with Crippen molar-refractivity contribution in [2.45, 2.75) is 33.6 Å². The monoisotopic (exact) mass is 247 g/mol. The molecule has 3 heteroatoms. The Morgan fingerprint density at radius 2 is 1.67 bits per heavy atom. The molecule has 0 aliphatic carbocycles. The lowest BCUT2D eigenvalue weighted by atomic mass is 9.95. The molecule has 2 rings (SSSR count). The van der Waals surface area contributed by atoms with Gasteiger partial charge in [-0.15, -0.1) is 0 Å². The van der Waals surface area contributed by atoms with Crippen LogP contribution in [0.1, 0.15) is 29.5 Å². The van der Waals surface area contributed by atoms with Gasteiger partial charge in [-0.2, -0.15) is 0 Å². The minimum atomic E-state index is -0.646. The Kier molecular flexibility index (Phi) is 3.60. The minimum absolute atomic E-state index is 0.160. The van der Waals surface area contributed by atoms with Crippen molar-refractivity contribution in [3.05, 3.63) is 28.8 Å². The van der Waals surface area contributed by atoms with Gasteiger partial charge in [0.25, 0.3) is 0 Å². The fourth-order valence-corrected chi connectivity index (χ4v) is 3.02. The summed E-state index contributed by atoms with van der Waals surface area (Å²) in [5, 5.41) is 9.02. The van der Waals surface area contributed by atoms with E-state index in [0.29, 0.717) is 0 Å². The van der Waals surface area contributed by atoms with Gasteiger partial charge in [-0.1, -0.05) is 17.7 Å². The van der Waals surface area contributed by atoms with Gasteiger partial charge in [0.2, 0.25) is 0 Å². The van der Waals surface area contributed by atoms with E-state index in [0.717, 1.165) is 25.9 Å². The number of carboxylic acids is 1. The van der Waals surface area contributed by atoms with Gasteiger partial charge in [-0.05, 0) is 44.7 Å². The molecule has 98 valence electrons. The molecular formula is C15H21NO2. The molecule has 1 fully saturated rings. The second kappa shape index (κ2) is 5.01. The van der Waals surface area contributed by atoms with E-state index in [4.69, 9.17) is 5.11 Å². The Hall–Kier alpha value is -1.51. The summed E-state index contributed by atoms with van der Waals surface area (Å²) in [4.78, 5) is 13.3. The highest BCUT2D eigenvalue weighted by atomic mass is 16.4. The molecule has 0 bridgehead atoms. The van der Waals surface area contributed by atoms with Crippen molar-refractivity contribution in [1.82, 2.24) is 0 Å². The maximum Gasteiger partial charge on any atom is 0.306 e. The summed E-state index contributed by atoms with van der Waals surface area (Å²) in [7, 11) is 0. The second-order valence-electron chi connectivity index (χ2n) is 5.35. The predicted octanol–water partition coefficient (Wildman–Crippen LogP) is 2.91. The van der Waals surface area contributed by atoms with Gasteiger partial charge in [-0.3, -0.25) is 4.79 Å². The van der Waals surface area contributed by atoms with E-state index >= 15 is 0 Å². The van der Waals surface area contributed by atoms with Gasteiger partial charge in [0.05, 0.1) is 5.92 Å². The summed E-state index contributed by atoms with van der Waals surface area (Å²) >= 11 is 0. The summed E-state index contributed by atoms with van der Waals surface area (Å²) in [6, 6.07) is 4.40. The number of hydrogen-bond donors (Lipinski definition) is 1. The number of nitrogens with zero attached hydrogens (tertiary/aromatic N) is 1. The molecule has 0 saturated carbocycles. The first-order chi connectivity index (χ1) is 8.49. The van der Waals surface area contributed by atoms with Crippen molar-refractivity contribution >= 4 is 11.7 Å². The van der Waals surface area contributed by atoms with Crippen LogP contribution in [0.2, 0.25) is 0 Å². The SMILES string of the molecule is Cc1cc(C)c(N2CCC(C(=O)O)CC2)c(C)c1. The quantitative estimate of drug-likeness (QED) is 0.873. The first-order valence-corrected chi connectivity index (χ1v) is 6.54. The van der Waals surface area contributed by atoms with Crippen LogP contribution in [0.25, 0.3) is 0 Å². The van der Waals surface area contributed by atoms with Gasteiger partial charge in [-0.25, -0.2) is 0 Å². The van der Waals surface area contributed by atoms with Crippen LogP contribution < -0.4 is 4.90 Å². The van der Waals surface area contributed by atoms with Gasteiger partial charge < -0.3 is 10.0 Å². The Labute approximate surface area is 108 Å². The summed E-state index contributed by atoms with van der Waals surface area (Å²) in [6.07, 6.45) is 1.50. The van der Waals surface area contributed by atoms with Gasteiger partial charge in [0.15, 0.2) is 0 Å². The third kappa shape index (κ3) is 2.50. The molecule has 18 heavy (non-hydrogen) atoms. The standard InChI is InChI=1S/C15H21NO2/c1-10-8-11(2)14(12(3)9-10)16-6-4-13(5-7-16)15(17)18/h8-9,13H,4-7H2,1-3H3,(H,17,18). The van der Waals surface area contributed by atoms with Gasteiger partial charge in [0.1, 0.15) is 0 Å². The minimum Gasteiger partial charge on any atom is -0.481 e. The van der Waals surface area contributed by atoms with E-state index in [1.807, 2.05) is 0 Å². The van der Waals surface area contributed by atoms with Crippen molar-refractivity contribution in [3.63, 3.8) is 0 Å². The first-order valence-electron chi connectivity index (χ1n) is 6.54. The maximum absolute atomic E-state index is 11.0. The number of aryl methyl sites for hydroxylation is 3. The zero-order valence-electron chi connectivity index (χ0n) is 11.4. The molecule has 0 atom stereocenters. The molecule has 1 aromatic rings. The summed E-state index contributed by atoms with van der Waals surface area (Å²) in [6.45, 7) is 8.08. The number of hydrogen-bond acceptors (Lipinski definition) is 2. The molecule has 1 aromatic carbocycles. The fourth-order valence-electron chi connectivity index (χ4n) is 3.02. The molecule has 1 aliphatic heterocycles. The lowest BCUT2D eigenvalue weighted by Crippen LogP contribution is -2.37. The zero-order valence-corrected chi connectivity index (χ0v) is 11.4. The largest absolute Gasteiger partial charge is 0.481 e. The number of benzene rings is 1. The molecule has 0 unspecified atom stereocenters. The zero-order chi connectivity index (χ0) is 13.3. The average molecular weight is 247 g/mol. The third-order valence-corrected chi connectivity index (χ3v) is 3.80. The maximum atomic E-state index is 11.0. The second-order valence-corrected chi connectivity index (χ2v) is 5.35. The molecule has 0 spiro atoms. The van der Waals surface area contributed by atoms with E-state index in [1.54, 1.807) is 0 Å². The number of carbonyl (C=O) groups is 1. The molecule has 1 saturated heterocycles. The van der Waals surface area contributed by atoms with Crippen LogP contribution in [0.5, 0.6) is 0 Å². The molecule has 1 N–H and O–H groups in total. The third-order valence-electron chi connectivity index (χ3n) is 3.80. The van der Waals surface area contributed by atoms with Crippen LogP contribution >= 0.6 is 0 Å². The lowest BCUT2D eigenvalue weighted by molar-refractivity contribution is -0.142. The number of carboxylic acid groups (broad SMARTS) is 1. The Morgan fingerprint density at radius 1 is 1.17 bits per heavy atom. The molecule has 0 radical (unpaired) electrons. The van der Waals surface area contributed by atoms with Crippen LogP contribution in [-0.4, -0.2) is 24.2 Å². The molecule has 0 aromatic heterocycles. The number of piperidine rings is 1. The predicted molar refractivity (Wildman–Crippen MR) is 73.2 cm³/mol. The van der Waals surface area contributed by atoms with Gasteiger partial charge in [0, 0.05) is 18.8 Å². The van der Waals surface area contributed by atoms with Crippen molar-refractivity contribution < 1.29 is 9.90 Å². The Bertz CT molecular complexity index is 437. The topological polar surface area (TPSA) is 40.5 Å². The molecule has 0 amide bonds. The van der Waals surface area contributed by atoms with Crippen molar-refractivity contribution in [3.8, 4) is 0 Å². The van der Waals surface area contributed by atoms with Crippen molar-refractivity contribution in [2.75, 3.05) is 18.0 Å². The lowest BCUT2D eigenvalue weighted by Gasteiger charge is -2.34. The Morgan fingerprint density at radius 3 is 2.11 bits per heavy atom. The number of anilines is 1. The summed E-state index contributed by atoms with van der Waals surface area (Å²) in [5.41, 5.74) is 5.17. The van der Waals surface area contributed by atoms with E-state index in [9.17, 15) is 4.79 Å². The van der Waals surface area contributed by atoms with Crippen LogP contribution in [0.15, 0.2) is 12.1 Å². The van der Waals surface area contributed by atoms with Crippen molar-refractivity contribution in [2.24, 2.45) is 5.92 Å². The number of aliphatic carboxylic acids is 1. The number of rotatable bonds is 2. The first kappa shape index (κ1) is 12.9. The van der Waals surface area contributed by atoms with Crippen LogP contribution in [0, 0.1) is 26.7 Å². The summed E-state index contributed by atoms with van der Waals surface area (Å²) in [5.74, 6) is -0.806. The van der Waals surface area contributed by atoms with Crippen molar-refractivity contribution in [1.29, 1.82) is 0 Å². The smallest absolute Gasteiger partial charge is 0.306 e. The van der Waals surface area contributed by atoms with Crippen LogP contribution in [0.4, 0.5) is 5.69 Å². The van der Waals surface area contributed by atoms with E-state index in [-0.39, 0.29) is 5.92 Å². The highest BCUT2D eigenvalue weighted by Gasteiger charge is 2.25. The normalized spacial score (nSPS) is 16.9. The molecule has 3 nitrogen and oxygen atoms in total. The van der Waals surface area contributed by atoms with Crippen LogP contribution in [-0.2, 0) is 4.79 Å².